The molecule has 0 bridgehead atoms. The number of ether oxygens (including phenoxy) is 1. The normalized spacial score (nSPS) is 12.2. The molecule has 0 aliphatic rings. The summed E-state index contributed by atoms with van der Waals surface area (Å²) in [6, 6.07) is 23.8. The Bertz CT molecular complexity index is 993. The minimum absolute atomic E-state index is 0.189. The predicted octanol–water partition coefficient (Wildman–Crippen LogP) is 3.54. The van der Waals surface area contributed by atoms with Crippen LogP contribution in [0.15, 0.2) is 79.0 Å². The van der Waals surface area contributed by atoms with Crippen molar-refractivity contribution in [3.63, 3.8) is 0 Å². The second-order valence-electron chi connectivity index (χ2n) is 6.13. The molecule has 3 aromatic carbocycles. The molecule has 0 amide bonds. The second-order valence-corrected chi connectivity index (χ2v) is 6.13. The number of fused-ring (bicyclic) bond motifs is 1. The number of rotatable bonds is 6. The van der Waals surface area contributed by atoms with Crippen LogP contribution in [0.4, 0.5) is 0 Å². The number of aliphatic hydroxyl groups excluding tert-OH is 1. The smallest absolute Gasteiger partial charge is 0.127 e. The highest BCUT2D eigenvalue weighted by molar-refractivity contribution is 5.88. The molecule has 130 valence electrons. The zero-order chi connectivity index (χ0) is 17.8. The number of aliphatic hydroxyl groups is 1. The van der Waals surface area contributed by atoms with E-state index in [2.05, 4.69) is 10.3 Å². The third-order valence-electron chi connectivity index (χ3n) is 4.19. The van der Waals surface area contributed by atoms with Crippen LogP contribution in [-0.2, 0) is 6.54 Å². The molecule has 5 heteroatoms. The fourth-order valence-electron chi connectivity index (χ4n) is 2.90. The number of benzene rings is 3. The summed E-state index contributed by atoms with van der Waals surface area (Å²) >= 11 is 0. The van der Waals surface area contributed by atoms with Gasteiger partial charge in [-0.15, -0.1) is 5.10 Å². The topological polar surface area (TPSA) is 60.2 Å². The van der Waals surface area contributed by atoms with Crippen LogP contribution in [0.5, 0.6) is 5.75 Å². The Labute approximate surface area is 151 Å². The third-order valence-corrected chi connectivity index (χ3v) is 4.19. The quantitative estimate of drug-likeness (QED) is 0.581. The first kappa shape index (κ1) is 16.3. The van der Waals surface area contributed by atoms with E-state index in [1.165, 1.54) is 0 Å². The fourth-order valence-corrected chi connectivity index (χ4v) is 2.90. The van der Waals surface area contributed by atoms with Crippen LogP contribution in [0.2, 0.25) is 0 Å². The van der Waals surface area contributed by atoms with Crippen LogP contribution in [0.3, 0.4) is 0 Å². The summed E-state index contributed by atoms with van der Waals surface area (Å²) in [4.78, 5) is 0. The molecule has 0 fully saturated rings. The highest BCUT2D eigenvalue weighted by atomic mass is 16.5. The monoisotopic (exact) mass is 345 g/mol. The highest BCUT2D eigenvalue weighted by Gasteiger charge is 2.10. The molecule has 1 heterocycles. The van der Waals surface area contributed by atoms with Crippen molar-refractivity contribution in [3.05, 3.63) is 79.0 Å². The molecular formula is C21H19N3O2. The van der Waals surface area contributed by atoms with Crippen LogP contribution < -0.4 is 4.74 Å². The molecule has 0 saturated carbocycles. The van der Waals surface area contributed by atoms with Crippen molar-refractivity contribution in [1.29, 1.82) is 0 Å². The van der Waals surface area contributed by atoms with E-state index in [1.807, 2.05) is 79.0 Å². The molecule has 4 aromatic rings. The minimum Gasteiger partial charge on any atom is -0.490 e. The largest absolute Gasteiger partial charge is 0.490 e. The molecule has 5 nitrogen and oxygen atoms in total. The van der Waals surface area contributed by atoms with Gasteiger partial charge >= 0.3 is 0 Å². The Morgan fingerprint density at radius 2 is 1.69 bits per heavy atom. The van der Waals surface area contributed by atoms with Crippen molar-refractivity contribution in [2.24, 2.45) is 0 Å². The van der Waals surface area contributed by atoms with Crippen molar-refractivity contribution >= 4 is 10.8 Å². The van der Waals surface area contributed by atoms with Gasteiger partial charge in [0.05, 0.1) is 12.7 Å². The van der Waals surface area contributed by atoms with E-state index in [-0.39, 0.29) is 6.61 Å². The van der Waals surface area contributed by atoms with E-state index in [9.17, 15) is 5.11 Å². The van der Waals surface area contributed by atoms with Gasteiger partial charge in [-0.25, -0.2) is 4.68 Å². The summed E-state index contributed by atoms with van der Waals surface area (Å²) < 4.78 is 7.47. The van der Waals surface area contributed by atoms with E-state index < -0.39 is 6.10 Å². The summed E-state index contributed by atoms with van der Waals surface area (Å²) in [6.45, 7) is 0.513. The van der Waals surface area contributed by atoms with E-state index >= 15 is 0 Å². The van der Waals surface area contributed by atoms with Crippen LogP contribution in [0.1, 0.15) is 0 Å². The van der Waals surface area contributed by atoms with Gasteiger partial charge in [-0.2, -0.15) is 0 Å². The van der Waals surface area contributed by atoms with Gasteiger partial charge in [0.2, 0.25) is 0 Å². The van der Waals surface area contributed by atoms with E-state index in [0.29, 0.717) is 6.54 Å². The SMILES string of the molecule is O[C@H](COc1cccc2ccccc12)Cn1cc(-c2ccccc2)nn1. The Hall–Kier alpha value is -3.18. The summed E-state index contributed by atoms with van der Waals surface area (Å²) in [5.74, 6) is 0.769. The number of hydrogen-bond donors (Lipinski definition) is 1. The average molecular weight is 345 g/mol. The van der Waals surface area contributed by atoms with Crippen molar-refractivity contribution in [3.8, 4) is 17.0 Å². The Morgan fingerprint density at radius 3 is 2.58 bits per heavy atom. The summed E-state index contributed by atoms with van der Waals surface area (Å²) in [7, 11) is 0. The van der Waals surface area contributed by atoms with Gasteiger partial charge in [-0.1, -0.05) is 71.9 Å². The molecule has 4 rings (SSSR count). The first-order valence-electron chi connectivity index (χ1n) is 8.54. The lowest BCUT2D eigenvalue weighted by atomic mass is 10.1. The van der Waals surface area contributed by atoms with E-state index in [0.717, 1.165) is 27.8 Å². The molecule has 0 unspecified atom stereocenters. The Kier molecular flexibility index (Phi) is 4.62. The first-order valence-corrected chi connectivity index (χ1v) is 8.54. The first-order chi connectivity index (χ1) is 12.8. The van der Waals surface area contributed by atoms with Gasteiger partial charge in [-0.3, -0.25) is 0 Å². The van der Waals surface area contributed by atoms with Crippen molar-refractivity contribution < 1.29 is 9.84 Å². The predicted molar refractivity (Wildman–Crippen MR) is 101 cm³/mol. The average Bonchev–Trinajstić information content (AvgIpc) is 3.15. The molecule has 0 aliphatic heterocycles. The lowest BCUT2D eigenvalue weighted by Crippen LogP contribution is -2.24. The lowest BCUT2D eigenvalue weighted by molar-refractivity contribution is 0.0895. The minimum atomic E-state index is -0.681. The molecular weight excluding hydrogens is 326 g/mol. The van der Waals surface area contributed by atoms with Gasteiger partial charge in [0.15, 0.2) is 0 Å². The second kappa shape index (κ2) is 7.37. The highest BCUT2D eigenvalue weighted by Crippen LogP contribution is 2.25. The third kappa shape index (κ3) is 3.58. The molecule has 0 saturated heterocycles. The van der Waals surface area contributed by atoms with Gasteiger partial charge in [0.25, 0.3) is 0 Å². The zero-order valence-electron chi connectivity index (χ0n) is 14.2. The van der Waals surface area contributed by atoms with Crippen molar-refractivity contribution in [2.75, 3.05) is 6.61 Å². The Balaban J connectivity index is 1.40. The van der Waals surface area contributed by atoms with E-state index in [1.54, 1.807) is 4.68 Å². The molecule has 0 aliphatic carbocycles. The van der Waals surface area contributed by atoms with Crippen LogP contribution in [-0.4, -0.2) is 32.8 Å². The van der Waals surface area contributed by atoms with Crippen LogP contribution in [0, 0.1) is 0 Å². The Morgan fingerprint density at radius 1 is 0.923 bits per heavy atom. The van der Waals surface area contributed by atoms with Gasteiger partial charge in [0.1, 0.15) is 24.2 Å². The number of aromatic nitrogens is 3. The zero-order valence-corrected chi connectivity index (χ0v) is 14.2. The number of hydrogen-bond acceptors (Lipinski definition) is 4. The van der Waals surface area contributed by atoms with E-state index in [4.69, 9.17) is 4.74 Å². The summed E-state index contributed by atoms with van der Waals surface area (Å²) in [6.07, 6.45) is 1.15. The fraction of sp³-hybridized carbons (Fsp3) is 0.143. The van der Waals surface area contributed by atoms with Crippen molar-refractivity contribution in [1.82, 2.24) is 15.0 Å². The molecule has 1 atom stereocenters. The molecule has 0 radical (unpaired) electrons. The molecule has 1 N–H and O–H groups in total. The lowest BCUT2D eigenvalue weighted by Gasteiger charge is -2.13. The maximum Gasteiger partial charge on any atom is 0.127 e. The van der Waals surface area contributed by atoms with Gasteiger partial charge < -0.3 is 9.84 Å². The standard InChI is InChI=1S/C21H19N3O2/c25-18(13-24-14-20(22-23-24)17-8-2-1-3-9-17)15-26-21-12-6-10-16-7-4-5-11-19(16)21/h1-12,14,18,25H,13,15H2/t18-/m0/s1. The molecule has 1 aromatic heterocycles. The number of nitrogens with zero attached hydrogens (tertiary/aromatic N) is 3. The van der Waals surface area contributed by atoms with Gasteiger partial charge in [-0.05, 0) is 11.5 Å². The summed E-state index contributed by atoms with van der Waals surface area (Å²) in [5, 5.41) is 20.7. The van der Waals surface area contributed by atoms with Crippen LogP contribution in [0.25, 0.3) is 22.0 Å². The molecule has 0 spiro atoms. The van der Waals surface area contributed by atoms with Gasteiger partial charge in [0, 0.05) is 10.9 Å². The maximum atomic E-state index is 10.3. The van der Waals surface area contributed by atoms with Crippen LogP contribution >= 0.6 is 0 Å². The summed E-state index contributed by atoms with van der Waals surface area (Å²) in [5.41, 5.74) is 1.79. The van der Waals surface area contributed by atoms with Crippen molar-refractivity contribution in [2.45, 2.75) is 12.6 Å². The molecule has 26 heavy (non-hydrogen) atoms. The maximum absolute atomic E-state index is 10.3.